The van der Waals surface area contributed by atoms with Gasteiger partial charge in [-0.2, -0.15) is 0 Å². The quantitative estimate of drug-likeness (QED) is 0.883. The molecule has 2 heteroatoms. The average Bonchev–Trinajstić information content (AvgIpc) is 2.40. The molecule has 3 rings (SSSR count). The highest BCUT2D eigenvalue weighted by molar-refractivity contribution is 5.38. The van der Waals surface area contributed by atoms with E-state index in [9.17, 15) is 5.11 Å². The van der Waals surface area contributed by atoms with Crippen LogP contribution in [0.2, 0.25) is 0 Å². The Balaban J connectivity index is 2.02. The van der Waals surface area contributed by atoms with Gasteiger partial charge in [0.1, 0.15) is 0 Å². The van der Waals surface area contributed by atoms with E-state index in [0.717, 1.165) is 0 Å². The highest BCUT2D eigenvalue weighted by Gasteiger charge is 2.47. The molecule has 0 amide bonds. The highest BCUT2D eigenvalue weighted by atomic mass is 16.3. The van der Waals surface area contributed by atoms with Gasteiger partial charge in [0.15, 0.2) is 0 Å². The first-order chi connectivity index (χ1) is 9.19. The van der Waals surface area contributed by atoms with E-state index in [0.29, 0.717) is 12.8 Å². The van der Waals surface area contributed by atoms with Gasteiger partial charge in [-0.05, 0) is 24.0 Å². The maximum atomic E-state index is 9.65. The fourth-order valence-corrected chi connectivity index (χ4v) is 3.20. The van der Waals surface area contributed by atoms with E-state index >= 15 is 0 Å². The maximum Gasteiger partial charge on any atom is 0.0576 e. The first-order valence-electron chi connectivity index (χ1n) is 6.76. The first kappa shape index (κ1) is 12.4. The van der Waals surface area contributed by atoms with Gasteiger partial charge in [0.25, 0.3) is 0 Å². The van der Waals surface area contributed by atoms with E-state index in [1.54, 1.807) is 0 Å². The average molecular weight is 253 g/mol. The van der Waals surface area contributed by atoms with Crippen molar-refractivity contribution in [2.45, 2.75) is 30.4 Å². The van der Waals surface area contributed by atoms with Crippen molar-refractivity contribution in [3.05, 3.63) is 71.8 Å². The molecule has 0 aromatic heterocycles. The largest absolute Gasteiger partial charge is 0.393 e. The van der Waals surface area contributed by atoms with Gasteiger partial charge >= 0.3 is 0 Å². The van der Waals surface area contributed by atoms with Crippen LogP contribution in [0.25, 0.3) is 0 Å². The standard InChI is InChI=1S/C17H19NO/c18-17(11-15(19)12-17)16(13-7-3-1-4-8-13)14-9-5-2-6-10-14/h1-10,15-16,19H,11-12,18H2. The Bertz CT molecular complexity index is 492. The minimum atomic E-state index is -0.331. The summed E-state index contributed by atoms with van der Waals surface area (Å²) < 4.78 is 0. The summed E-state index contributed by atoms with van der Waals surface area (Å²) in [6.45, 7) is 0. The molecule has 1 aliphatic carbocycles. The summed E-state index contributed by atoms with van der Waals surface area (Å²) in [5.41, 5.74) is 8.66. The predicted octanol–water partition coefficient (Wildman–Crippen LogP) is 2.67. The summed E-state index contributed by atoms with van der Waals surface area (Å²) in [5.74, 6) is 0.151. The molecule has 3 N–H and O–H groups in total. The van der Waals surface area contributed by atoms with E-state index in [-0.39, 0.29) is 17.6 Å². The van der Waals surface area contributed by atoms with Gasteiger partial charge in [-0.15, -0.1) is 0 Å². The molecular weight excluding hydrogens is 234 g/mol. The van der Waals surface area contributed by atoms with Crippen LogP contribution >= 0.6 is 0 Å². The maximum absolute atomic E-state index is 9.65. The molecule has 2 nitrogen and oxygen atoms in total. The molecule has 19 heavy (non-hydrogen) atoms. The Morgan fingerprint density at radius 1 is 0.895 bits per heavy atom. The molecule has 0 aliphatic heterocycles. The lowest BCUT2D eigenvalue weighted by atomic mass is 9.63. The molecule has 0 heterocycles. The Labute approximate surface area is 113 Å². The summed E-state index contributed by atoms with van der Waals surface area (Å²) in [6.07, 6.45) is 1.09. The van der Waals surface area contributed by atoms with Gasteiger partial charge < -0.3 is 10.8 Å². The zero-order valence-corrected chi connectivity index (χ0v) is 10.9. The fraction of sp³-hybridized carbons (Fsp3) is 0.294. The van der Waals surface area contributed by atoms with Crippen LogP contribution in [0.4, 0.5) is 0 Å². The molecule has 2 aromatic carbocycles. The number of hydrogen-bond acceptors (Lipinski definition) is 2. The summed E-state index contributed by atoms with van der Waals surface area (Å²) in [4.78, 5) is 0. The number of hydrogen-bond donors (Lipinski definition) is 2. The van der Waals surface area contributed by atoms with Crippen LogP contribution in [0.15, 0.2) is 60.7 Å². The number of nitrogens with two attached hydrogens (primary N) is 1. The summed E-state index contributed by atoms with van der Waals surface area (Å²) in [7, 11) is 0. The van der Waals surface area contributed by atoms with Gasteiger partial charge in [-0.25, -0.2) is 0 Å². The summed E-state index contributed by atoms with van der Waals surface area (Å²) in [5, 5.41) is 9.65. The van der Waals surface area contributed by atoms with Gasteiger partial charge in [0.2, 0.25) is 0 Å². The summed E-state index contributed by atoms with van der Waals surface area (Å²) in [6, 6.07) is 20.7. The third kappa shape index (κ3) is 2.29. The number of benzene rings is 2. The lowest BCUT2D eigenvalue weighted by molar-refractivity contribution is 0.0148. The van der Waals surface area contributed by atoms with Crippen LogP contribution in [-0.4, -0.2) is 16.7 Å². The number of rotatable bonds is 3. The molecule has 2 aromatic rings. The van der Waals surface area contributed by atoms with Crippen molar-refractivity contribution < 1.29 is 5.11 Å². The normalized spacial score (nSPS) is 26.2. The van der Waals surface area contributed by atoms with Crippen molar-refractivity contribution in [1.82, 2.24) is 0 Å². The van der Waals surface area contributed by atoms with Crippen LogP contribution in [-0.2, 0) is 0 Å². The second-order valence-electron chi connectivity index (χ2n) is 5.55. The Morgan fingerprint density at radius 3 is 1.68 bits per heavy atom. The van der Waals surface area contributed by atoms with Gasteiger partial charge in [-0.3, -0.25) is 0 Å². The summed E-state index contributed by atoms with van der Waals surface area (Å²) >= 11 is 0. The van der Waals surface area contributed by atoms with Crippen LogP contribution in [0, 0.1) is 0 Å². The molecule has 0 radical (unpaired) electrons. The van der Waals surface area contributed by atoms with Crippen molar-refractivity contribution in [3.63, 3.8) is 0 Å². The highest BCUT2D eigenvalue weighted by Crippen LogP contribution is 2.45. The zero-order chi connectivity index (χ0) is 13.3. The van der Waals surface area contributed by atoms with Crippen LogP contribution in [0.5, 0.6) is 0 Å². The molecule has 1 saturated carbocycles. The van der Waals surface area contributed by atoms with Gasteiger partial charge in [0, 0.05) is 11.5 Å². The molecule has 0 atom stereocenters. The van der Waals surface area contributed by atoms with Crippen molar-refractivity contribution >= 4 is 0 Å². The second kappa shape index (κ2) is 4.80. The van der Waals surface area contributed by atoms with Crippen molar-refractivity contribution in [2.24, 2.45) is 5.73 Å². The minimum absolute atomic E-state index is 0.151. The lowest BCUT2D eigenvalue weighted by Gasteiger charge is -2.48. The Hall–Kier alpha value is -1.64. The molecule has 98 valence electrons. The topological polar surface area (TPSA) is 46.2 Å². The van der Waals surface area contributed by atoms with E-state index in [1.807, 2.05) is 36.4 Å². The Kier molecular flexibility index (Phi) is 3.13. The fourth-order valence-electron chi connectivity index (χ4n) is 3.20. The molecule has 0 spiro atoms. The molecule has 0 unspecified atom stereocenters. The molecule has 1 aliphatic rings. The Morgan fingerprint density at radius 2 is 1.32 bits per heavy atom. The lowest BCUT2D eigenvalue weighted by Crippen LogP contribution is -2.58. The van der Waals surface area contributed by atoms with E-state index in [1.165, 1.54) is 11.1 Å². The van der Waals surface area contributed by atoms with Crippen LogP contribution < -0.4 is 5.73 Å². The van der Waals surface area contributed by atoms with E-state index in [4.69, 9.17) is 5.73 Å². The van der Waals surface area contributed by atoms with Crippen molar-refractivity contribution in [1.29, 1.82) is 0 Å². The van der Waals surface area contributed by atoms with Crippen molar-refractivity contribution in [3.8, 4) is 0 Å². The van der Waals surface area contributed by atoms with E-state index in [2.05, 4.69) is 24.3 Å². The minimum Gasteiger partial charge on any atom is -0.393 e. The van der Waals surface area contributed by atoms with Gasteiger partial charge in [-0.1, -0.05) is 60.7 Å². The van der Waals surface area contributed by atoms with Gasteiger partial charge in [0.05, 0.1) is 6.10 Å². The molecule has 0 bridgehead atoms. The second-order valence-corrected chi connectivity index (χ2v) is 5.55. The zero-order valence-electron chi connectivity index (χ0n) is 10.9. The monoisotopic (exact) mass is 253 g/mol. The molecule has 1 fully saturated rings. The SMILES string of the molecule is NC1(C(c2ccccc2)c2ccccc2)CC(O)C1. The van der Waals surface area contributed by atoms with Crippen LogP contribution in [0.3, 0.4) is 0 Å². The van der Waals surface area contributed by atoms with Crippen LogP contribution in [0.1, 0.15) is 29.9 Å². The first-order valence-corrected chi connectivity index (χ1v) is 6.76. The third-order valence-corrected chi connectivity index (χ3v) is 4.07. The number of aliphatic hydroxyl groups is 1. The molecule has 0 saturated heterocycles. The predicted molar refractivity (Wildman–Crippen MR) is 76.9 cm³/mol. The van der Waals surface area contributed by atoms with E-state index < -0.39 is 0 Å². The van der Waals surface area contributed by atoms with Crippen molar-refractivity contribution in [2.75, 3.05) is 0 Å². The third-order valence-electron chi connectivity index (χ3n) is 4.07. The smallest absolute Gasteiger partial charge is 0.0576 e. The number of aliphatic hydroxyl groups excluding tert-OH is 1. The molecular formula is C17H19NO.